The minimum absolute atomic E-state index is 0.0918. The lowest BCUT2D eigenvalue weighted by Gasteiger charge is -2.24. The summed E-state index contributed by atoms with van der Waals surface area (Å²) in [6.45, 7) is 4.16. The molecule has 0 aromatic carbocycles. The Hall–Kier alpha value is -1.10. The molecule has 0 aliphatic rings. The molecule has 1 unspecified atom stereocenters. The van der Waals surface area contributed by atoms with Gasteiger partial charge in [0, 0.05) is 24.7 Å². The third-order valence-electron chi connectivity index (χ3n) is 2.33. The number of thiazole rings is 1. The standard InChI is InChI=1S/C10H17N3OS/c1-4-5-8(2)13(3)10(14)12-9-11-6-7-15-9/h6-8H,4-5H2,1-3H3,(H,11,12,14). The predicted octanol–water partition coefficient (Wildman–Crippen LogP) is 2.80. The van der Waals surface area contributed by atoms with E-state index in [4.69, 9.17) is 0 Å². The summed E-state index contributed by atoms with van der Waals surface area (Å²) in [7, 11) is 1.81. The second-order valence-electron chi connectivity index (χ2n) is 3.52. The van der Waals surface area contributed by atoms with Crippen molar-refractivity contribution in [2.75, 3.05) is 12.4 Å². The molecule has 2 amide bonds. The molecule has 4 nitrogen and oxygen atoms in total. The van der Waals surface area contributed by atoms with Gasteiger partial charge in [0.2, 0.25) is 0 Å². The summed E-state index contributed by atoms with van der Waals surface area (Å²) < 4.78 is 0. The van der Waals surface area contributed by atoms with Crippen molar-refractivity contribution in [3.8, 4) is 0 Å². The average Bonchev–Trinajstić information content (AvgIpc) is 2.69. The van der Waals surface area contributed by atoms with E-state index in [0.717, 1.165) is 12.8 Å². The Morgan fingerprint density at radius 1 is 1.73 bits per heavy atom. The van der Waals surface area contributed by atoms with Crippen molar-refractivity contribution in [3.05, 3.63) is 11.6 Å². The Balaban J connectivity index is 2.46. The van der Waals surface area contributed by atoms with Crippen LogP contribution in [0.1, 0.15) is 26.7 Å². The van der Waals surface area contributed by atoms with E-state index in [0.29, 0.717) is 5.13 Å². The van der Waals surface area contributed by atoms with Crippen LogP contribution in [0.5, 0.6) is 0 Å². The number of aromatic nitrogens is 1. The molecule has 1 N–H and O–H groups in total. The fraction of sp³-hybridized carbons (Fsp3) is 0.600. The first-order valence-corrected chi connectivity index (χ1v) is 5.96. The lowest BCUT2D eigenvalue weighted by molar-refractivity contribution is 0.205. The third kappa shape index (κ3) is 3.51. The van der Waals surface area contributed by atoms with Gasteiger partial charge in [-0.25, -0.2) is 9.78 Å². The SMILES string of the molecule is CCCC(C)N(C)C(=O)Nc1nccs1. The first kappa shape index (κ1) is 12.0. The van der Waals surface area contributed by atoms with Crippen LogP contribution in [0.4, 0.5) is 9.93 Å². The Bertz CT molecular complexity index is 300. The van der Waals surface area contributed by atoms with Gasteiger partial charge in [0.25, 0.3) is 0 Å². The van der Waals surface area contributed by atoms with E-state index in [1.807, 2.05) is 19.4 Å². The smallest absolute Gasteiger partial charge is 0.323 e. The van der Waals surface area contributed by atoms with E-state index in [-0.39, 0.29) is 12.1 Å². The fourth-order valence-electron chi connectivity index (χ4n) is 1.28. The number of nitrogens with one attached hydrogen (secondary N) is 1. The maximum absolute atomic E-state index is 11.7. The van der Waals surface area contributed by atoms with Gasteiger partial charge >= 0.3 is 6.03 Å². The van der Waals surface area contributed by atoms with E-state index < -0.39 is 0 Å². The fourth-order valence-corrected chi connectivity index (χ4v) is 1.79. The number of amides is 2. The molecule has 84 valence electrons. The van der Waals surface area contributed by atoms with Gasteiger partial charge in [0.1, 0.15) is 0 Å². The molecule has 0 aliphatic heterocycles. The number of urea groups is 1. The van der Waals surface area contributed by atoms with Crippen LogP contribution in [-0.2, 0) is 0 Å². The summed E-state index contributed by atoms with van der Waals surface area (Å²) in [6.07, 6.45) is 3.77. The summed E-state index contributed by atoms with van der Waals surface area (Å²) in [5.41, 5.74) is 0. The van der Waals surface area contributed by atoms with Crippen LogP contribution in [0.25, 0.3) is 0 Å². The molecule has 0 fully saturated rings. The molecular weight excluding hydrogens is 210 g/mol. The number of carbonyl (C=O) groups is 1. The minimum atomic E-state index is -0.0918. The summed E-state index contributed by atoms with van der Waals surface area (Å²) >= 11 is 1.42. The molecule has 15 heavy (non-hydrogen) atoms. The second kappa shape index (κ2) is 5.70. The van der Waals surface area contributed by atoms with Crippen LogP contribution >= 0.6 is 11.3 Å². The van der Waals surface area contributed by atoms with E-state index in [9.17, 15) is 4.79 Å². The van der Waals surface area contributed by atoms with E-state index in [1.54, 1.807) is 11.1 Å². The van der Waals surface area contributed by atoms with Crippen LogP contribution < -0.4 is 5.32 Å². The van der Waals surface area contributed by atoms with E-state index >= 15 is 0 Å². The van der Waals surface area contributed by atoms with Crippen molar-refractivity contribution in [1.29, 1.82) is 0 Å². The van der Waals surface area contributed by atoms with Gasteiger partial charge in [-0.3, -0.25) is 5.32 Å². The van der Waals surface area contributed by atoms with E-state index in [1.165, 1.54) is 11.3 Å². The molecule has 0 saturated heterocycles. The maximum atomic E-state index is 11.7. The Morgan fingerprint density at radius 3 is 3.00 bits per heavy atom. The zero-order chi connectivity index (χ0) is 11.3. The highest BCUT2D eigenvalue weighted by atomic mass is 32.1. The largest absolute Gasteiger partial charge is 0.325 e. The highest BCUT2D eigenvalue weighted by Gasteiger charge is 2.15. The normalized spacial score (nSPS) is 12.2. The molecule has 1 aromatic rings. The van der Waals surface area contributed by atoms with Gasteiger partial charge in [-0.05, 0) is 13.3 Å². The summed E-state index contributed by atoms with van der Waals surface area (Å²) in [5, 5.41) is 5.24. The van der Waals surface area contributed by atoms with Crippen LogP contribution in [0.15, 0.2) is 11.6 Å². The average molecular weight is 227 g/mol. The van der Waals surface area contributed by atoms with Crippen molar-refractivity contribution < 1.29 is 4.79 Å². The molecule has 0 radical (unpaired) electrons. The van der Waals surface area contributed by atoms with Crippen LogP contribution in [0, 0.1) is 0 Å². The first-order chi connectivity index (χ1) is 7.15. The van der Waals surface area contributed by atoms with Crippen LogP contribution in [0.2, 0.25) is 0 Å². The Labute approximate surface area is 94.3 Å². The number of hydrogen-bond acceptors (Lipinski definition) is 3. The van der Waals surface area contributed by atoms with Crippen LogP contribution in [0.3, 0.4) is 0 Å². The maximum Gasteiger partial charge on any atom is 0.323 e. The molecule has 5 heteroatoms. The van der Waals surface area contributed by atoms with Gasteiger partial charge in [0.15, 0.2) is 5.13 Å². The predicted molar refractivity (Wildman–Crippen MR) is 63.3 cm³/mol. The van der Waals surface area contributed by atoms with E-state index in [2.05, 4.69) is 17.2 Å². The highest BCUT2D eigenvalue weighted by molar-refractivity contribution is 7.13. The second-order valence-corrected chi connectivity index (χ2v) is 4.41. The number of hydrogen-bond donors (Lipinski definition) is 1. The number of anilines is 1. The highest BCUT2D eigenvalue weighted by Crippen LogP contribution is 2.12. The van der Waals surface area contributed by atoms with Gasteiger partial charge in [-0.1, -0.05) is 13.3 Å². The first-order valence-electron chi connectivity index (χ1n) is 5.08. The lowest BCUT2D eigenvalue weighted by atomic mass is 10.2. The lowest BCUT2D eigenvalue weighted by Crippen LogP contribution is -2.38. The zero-order valence-electron chi connectivity index (χ0n) is 9.36. The van der Waals surface area contributed by atoms with Crippen molar-refractivity contribution in [1.82, 2.24) is 9.88 Å². The topological polar surface area (TPSA) is 45.2 Å². The van der Waals surface area contributed by atoms with Gasteiger partial charge in [-0.2, -0.15) is 0 Å². The molecule has 1 aromatic heterocycles. The van der Waals surface area contributed by atoms with Crippen molar-refractivity contribution >= 4 is 22.5 Å². The number of nitrogens with zero attached hydrogens (tertiary/aromatic N) is 2. The van der Waals surface area contributed by atoms with Gasteiger partial charge in [-0.15, -0.1) is 11.3 Å². The summed E-state index contributed by atoms with van der Waals surface area (Å²) in [6, 6.07) is 0.167. The number of carbonyl (C=O) groups excluding carboxylic acids is 1. The Kier molecular flexibility index (Phi) is 4.55. The molecule has 1 heterocycles. The summed E-state index contributed by atoms with van der Waals surface area (Å²) in [4.78, 5) is 17.4. The minimum Gasteiger partial charge on any atom is -0.325 e. The Morgan fingerprint density at radius 2 is 2.47 bits per heavy atom. The van der Waals surface area contributed by atoms with Gasteiger partial charge < -0.3 is 4.90 Å². The molecule has 1 atom stereocenters. The van der Waals surface area contributed by atoms with Crippen LogP contribution in [-0.4, -0.2) is 29.0 Å². The van der Waals surface area contributed by atoms with Crippen molar-refractivity contribution in [2.24, 2.45) is 0 Å². The molecule has 0 bridgehead atoms. The molecule has 0 spiro atoms. The molecule has 1 rings (SSSR count). The quantitative estimate of drug-likeness (QED) is 0.859. The zero-order valence-corrected chi connectivity index (χ0v) is 10.2. The molecule has 0 aliphatic carbocycles. The van der Waals surface area contributed by atoms with Crippen molar-refractivity contribution in [3.63, 3.8) is 0 Å². The summed E-state index contributed by atoms with van der Waals surface area (Å²) in [5.74, 6) is 0. The van der Waals surface area contributed by atoms with Crippen molar-refractivity contribution in [2.45, 2.75) is 32.7 Å². The molecular formula is C10H17N3OS. The third-order valence-corrected chi connectivity index (χ3v) is 3.02. The number of rotatable bonds is 4. The molecule has 0 saturated carbocycles. The van der Waals surface area contributed by atoms with Gasteiger partial charge in [0.05, 0.1) is 0 Å². The monoisotopic (exact) mass is 227 g/mol.